The zero-order valence-corrected chi connectivity index (χ0v) is 16.4. The van der Waals surface area contributed by atoms with E-state index >= 15 is 0 Å². The van der Waals surface area contributed by atoms with Crippen molar-refractivity contribution in [3.63, 3.8) is 0 Å². The second-order valence-corrected chi connectivity index (χ2v) is 7.52. The lowest BCUT2D eigenvalue weighted by Gasteiger charge is -2.32. The van der Waals surface area contributed by atoms with E-state index in [0.717, 1.165) is 30.9 Å². The summed E-state index contributed by atoms with van der Waals surface area (Å²) < 4.78 is 49.4. The van der Waals surface area contributed by atoms with Gasteiger partial charge in [0.1, 0.15) is 0 Å². The van der Waals surface area contributed by atoms with Crippen molar-refractivity contribution in [1.29, 1.82) is 0 Å². The van der Waals surface area contributed by atoms with Gasteiger partial charge in [-0.15, -0.1) is 0 Å². The Kier molecular flexibility index (Phi) is 8.40. The van der Waals surface area contributed by atoms with Crippen molar-refractivity contribution in [3.8, 4) is 0 Å². The van der Waals surface area contributed by atoms with Gasteiger partial charge in [0.05, 0.1) is 26.4 Å². The molecule has 0 bridgehead atoms. The van der Waals surface area contributed by atoms with E-state index in [1.807, 2.05) is 0 Å². The Bertz CT molecular complexity index is 621. The zero-order chi connectivity index (χ0) is 19.8. The van der Waals surface area contributed by atoms with Gasteiger partial charge in [0.15, 0.2) is 24.2 Å². The summed E-state index contributed by atoms with van der Waals surface area (Å²) in [6, 6.07) is 3.98. The van der Waals surface area contributed by atoms with Crippen LogP contribution in [0, 0.1) is 23.5 Å². The van der Waals surface area contributed by atoms with E-state index in [2.05, 4.69) is 19.1 Å². The van der Waals surface area contributed by atoms with Crippen LogP contribution in [0.3, 0.4) is 0 Å². The monoisotopic (exact) mass is 396 g/mol. The van der Waals surface area contributed by atoms with Crippen LogP contribution < -0.4 is 0 Å². The third kappa shape index (κ3) is 6.62. The molecule has 28 heavy (non-hydrogen) atoms. The maximum absolute atomic E-state index is 13.2. The van der Waals surface area contributed by atoms with Crippen LogP contribution in [0.4, 0.5) is 8.78 Å². The molecular weight excluding hydrogens is 366 g/mol. The number of benzene rings is 1. The Morgan fingerprint density at radius 1 is 0.893 bits per heavy atom. The number of aryl methyl sites for hydroxylation is 1. The molecule has 2 heterocycles. The Hall–Kier alpha value is -1.34. The number of hydrogen-bond acceptors (Lipinski definition) is 4. The maximum Gasteiger partial charge on any atom is 0.159 e. The van der Waals surface area contributed by atoms with Gasteiger partial charge >= 0.3 is 0 Å². The van der Waals surface area contributed by atoms with Gasteiger partial charge in [0.25, 0.3) is 0 Å². The lowest BCUT2D eigenvalue weighted by atomic mass is 10.0. The molecule has 0 saturated carbocycles. The summed E-state index contributed by atoms with van der Waals surface area (Å²) in [6.07, 6.45) is 7.88. The largest absolute Gasteiger partial charge is 0.352 e. The smallest absolute Gasteiger partial charge is 0.159 e. The molecule has 1 aromatic rings. The second kappa shape index (κ2) is 11.0. The Morgan fingerprint density at radius 3 is 2.25 bits per heavy atom. The molecule has 6 heteroatoms. The van der Waals surface area contributed by atoms with Crippen LogP contribution in [-0.4, -0.2) is 39.0 Å². The van der Waals surface area contributed by atoms with Crippen molar-refractivity contribution >= 4 is 0 Å². The van der Waals surface area contributed by atoms with Gasteiger partial charge in [-0.1, -0.05) is 25.1 Å². The van der Waals surface area contributed by atoms with Crippen molar-refractivity contribution < 1.29 is 27.7 Å². The van der Waals surface area contributed by atoms with Crippen molar-refractivity contribution in [3.05, 3.63) is 47.5 Å². The number of ether oxygens (including phenoxy) is 4. The van der Waals surface area contributed by atoms with Crippen molar-refractivity contribution in [1.82, 2.24) is 0 Å². The fourth-order valence-corrected chi connectivity index (χ4v) is 3.43. The molecule has 2 aliphatic heterocycles. The summed E-state index contributed by atoms with van der Waals surface area (Å²) in [7, 11) is 0. The molecule has 2 aliphatic rings. The Morgan fingerprint density at radius 2 is 1.57 bits per heavy atom. The van der Waals surface area contributed by atoms with Gasteiger partial charge in [0.2, 0.25) is 0 Å². The molecule has 0 atom stereocenters. The summed E-state index contributed by atoms with van der Waals surface area (Å²) >= 11 is 0. The molecule has 0 spiro atoms. The van der Waals surface area contributed by atoms with Crippen LogP contribution in [0.25, 0.3) is 0 Å². The predicted molar refractivity (Wildman–Crippen MR) is 102 cm³/mol. The molecule has 1 aromatic carbocycles. The Balaban J connectivity index is 1.29. The lowest BCUT2D eigenvalue weighted by molar-refractivity contribution is -0.215. The summed E-state index contributed by atoms with van der Waals surface area (Å²) in [6.45, 7) is 4.81. The molecular formula is C22H30F2O4. The third-order valence-electron chi connectivity index (χ3n) is 5.14. The molecule has 2 fully saturated rings. The number of allylic oxidation sites excluding steroid dienone is 1. The van der Waals surface area contributed by atoms with E-state index in [-0.39, 0.29) is 12.6 Å². The topological polar surface area (TPSA) is 36.9 Å². The summed E-state index contributed by atoms with van der Waals surface area (Å²) in [5.74, 6) is -0.962. The number of hydrogen-bond donors (Lipinski definition) is 0. The average Bonchev–Trinajstić information content (AvgIpc) is 2.73. The van der Waals surface area contributed by atoms with Crippen molar-refractivity contribution in [2.24, 2.45) is 11.8 Å². The van der Waals surface area contributed by atoms with E-state index in [0.29, 0.717) is 51.1 Å². The molecule has 0 radical (unpaired) electrons. The first-order chi connectivity index (χ1) is 13.6. The third-order valence-corrected chi connectivity index (χ3v) is 5.14. The molecule has 0 aliphatic carbocycles. The second-order valence-electron chi connectivity index (χ2n) is 7.52. The molecule has 2 saturated heterocycles. The van der Waals surface area contributed by atoms with Crippen LogP contribution >= 0.6 is 0 Å². The molecule has 0 unspecified atom stereocenters. The zero-order valence-electron chi connectivity index (χ0n) is 16.4. The molecule has 156 valence electrons. The Labute approximate surface area is 165 Å². The van der Waals surface area contributed by atoms with Crippen LogP contribution in [-0.2, 0) is 25.4 Å². The highest BCUT2D eigenvalue weighted by Gasteiger charge is 2.25. The first-order valence-electron chi connectivity index (χ1n) is 10.2. The van der Waals surface area contributed by atoms with Gasteiger partial charge in [-0.3, -0.25) is 0 Å². The van der Waals surface area contributed by atoms with Gasteiger partial charge < -0.3 is 18.9 Å². The van der Waals surface area contributed by atoms with E-state index in [4.69, 9.17) is 18.9 Å². The lowest BCUT2D eigenvalue weighted by Crippen LogP contribution is -2.35. The van der Waals surface area contributed by atoms with Gasteiger partial charge in [0, 0.05) is 18.3 Å². The highest BCUT2D eigenvalue weighted by Crippen LogP contribution is 2.23. The SMILES string of the molecule is CCC=CC1COC(CCC2COC(CCc3ccc(F)c(F)c3)OC2)OC1. The molecule has 0 amide bonds. The summed E-state index contributed by atoms with van der Waals surface area (Å²) in [5.41, 5.74) is 0.743. The van der Waals surface area contributed by atoms with Crippen LogP contribution in [0.15, 0.2) is 30.4 Å². The summed E-state index contributed by atoms with van der Waals surface area (Å²) in [4.78, 5) is 0. The van der Waals surface area contributed by atoms with Gasteiger partial charge in [-0.2, -0.15) is 0 Å². The number of rotatable bonds is 8. The minimum absolute atomic E-state index is 0.141. The van der Waals surface area contributed by atoms with E-state index < -0.39 is 11.6 Å². The molecule has 0 N–H and O–H groups in total. The highest BCUT2D eigenvalue weighted by atomic mass is 19.2. The van der Waals surface area contributed by atoms with E-state index in [1.54, 1.807) is 6.07 Å². The normalized spacial score (nSPS) is 28.7. The maximum atomic E-state index is 13.2. The van der Waals surface area contributed by atoms with Crippen LogP contribution in [0.1, 0.15) is 38.2 Å². The summed E-state index contributed by atoms with van der Waals surface area (Å²) in [5, 5.41) is 0. The molecule has 0 aromatic heterocycles. The van der Waals surface area contributed by atoms with Crippen LogP contribution in [0.2, 0.25) is 0 Å². The minimum Gasteiger partial charge on any atom is -0.352 e. The predicted octanol–water partition coefficient (Wildman–Crippen LogP) is 4.62. The van der Waals surface area contributed by atoms with E-state index in [1.165, 1.54) is 6.07 Å². The van der Waals surface area contributed by atoms with Crippen molar-refractivity contribution in [2.75, 3.05) is 26.4 Å². The molecule has 4 nitrogen and oxygen atoms in total. The van der Waals surface area contributed by atoms with Gasteiger partial charge in [-0.05, 0) is 43.4 Å². The van der Waals surface area contributed by atoms with Crippen molar-refractivity contribution in [2.45, 2.75) is 51.6 Å². The quantitative estimate of drug-likeness (QED) is 0.601. The first-order valence-corrected chi connectivity index (χ1v) is 10.2. The fraction of sp³-hybridized carbons (Fsp3) is 0.636. The standard InChI is InChI=1S/C22H30F2O4/c1-2-3-4-17-12-25-22(26-13-17)10-7-18-14-27-21(28-15-18)9-6-16-5-8-19(23)20(24)11-16/h3-5,8,11,17-18,21-22H,2,6-7,9-10,12-15H2,1H3. The van der Waals surface area contributed by atoms with Gasteiger partial charge in [-0.25, -0.2) is 8.78 Å². The first kappa shape index (κ1) is 21.4. The van der Waals surface area contributed by atoms with E-state index in [9.17, 15) is 8.78 Å². The highest BCUT2D eigenvalue weighted by molar-refractivity contribution is 5.17. The number of halogens is 2. The van der Waals surface area contributed by atoms with Crippen LogP contribution in [0.5, 0.6) is 0 Å². The fourth-order valence-electron chi connectivity index (χ4n) is 3.43. The minimum atomic E-state index is -0.823. The average molecular weight is 396 g/mol. The molecule has 3 rings (SSSR count).